The highest BCUT2D eigenvalue weighted by atomic mass is 16.7. The van der Waals surface area contributed by atoms with E-state index in [9.17, 15) is 0 Å². The lowest BCUT2D eigenvalue weighted by Gasteiger charge is -2.43. The van der Waals surface area contributed by atoms with Gasteiger partial charge in [-0.15, -0.1) is 0 Å². The van der Waals surface area contributed by atoms with Gasteiger partial charge in [-0.2, -0.15) is 0 Å². The van der Waals surface area contributed by atoms with Gasteiger partial charge in [0.2, 0.25) is 0 Å². The van der Waals surface area contributed by atoms with E-state index in [1.807, 2.05) is 18.2 Å². The van der Waals surface area contributed by atoms with Crippen molar-refractivity contribution in [3.05, 3.63) is 83.9 Å². The molecule has 0 amide bonds. The third-order valence-corrected chi connectivity index (χ3v) is 4.55. The first-order valence-corrected chi connectivity index (χ1v) is 7.99. The van der Waals surface area contributed by atoms with Crippen molar-refractivity contribution in [1.29, 1.82) is 0 Å². The topological polar surface area (TPSA) is 18.5 Å². The number of rotatable bonds is 2. The van der Waals surface area contributed by atoms with E-state index in [-0.39, 0.29) is 18.5 Å². The van der Waals surface area contributed by atoms with E-state index >= 15 is 0 Å². The molecule has 0 radical (unpaired) electrons. The zero-order chi connectivity index (χ0) is 14.8. The molecule has 0 saturated carbocycles. The Morgan fingerprint density at radius 3 is 2.18 bits per heavy atom. The standard InChI is InChI=1S/C20H20O2/c1-3-9-15(10-4-1)19-17-13-7-8-14-18(17)21-20(22-19)16-11-5-2-6-12-16/h1-6,8-12,14,17-20H,7,13H2. The van der Waals surface area contributed by atoms with E-state index in [2.05, 4.69) is 54.6 Å². The fourth-order valence-electron chi connectivity index (χ4n) is 3.44. The van der Waals surface area contributed by atoms with Crippen LogP contribution in [0.4, 0.5) is 0 Å². The number of allylic oxidation sites excluding steroid dienone is 1. The summed E-state index contributed by atoms with van der Waals surface area (Å²) in [5.41, 5.74) is 2.33. The lowest BCUT2D eigenvalue weighted by Crippen LogP contribution is -2.38. The van der Waals surface area contributed by atoms with Crippen molar-refractivity contribution in [2.45, 2.75) is 31.3 Å². The third kappa shape index (κ3) is 2.60. The van der Waals surface area contributed by atoms with Gasteiger partial charge in [-0.1, -0.05) is 72.8 Å². The van der Waals surface area contributed by atoms with Crippen molar-refractivity contribution < 1.29 is 9.47 Å². The monoisotopic (exact) mass is 292 g/mol. The molecule has 1 aliphatic carbocycles. The van der Waals surface area contributed by atoms with Crippen LogP contribution in [0.25, 0.3) is 0 Å². The molecule has 1 aliphatic heterocycles. The molecule has 1 heterocycles. The Morgan fingerprint density at radius 2 is 1.45 bits per heavy atom. The van der Waals surface area contributed by atoms with Crippen molar-refractivity contribution in [2.24, 2.45) is 5.92 Å². The molecule has 4 atom stereocenters. The molecule has 22 heavy (non-hydrogen) atoms. The van der Waals surface area contributed by atoms with Crippen LogP contribution in [0.5, 0.6) is 0 Å². The maximum absolute atomic E-state index is 6.37. The largest absolute Gasteiger partial charge is 0.341 e. The number of fused-ring (bicyclic) bond motifs is 1. The minimum Gasteiger partial charge on any atom is -0.341 e. The Hall–Kier alpha value is -1.90. The van der Waals surface area contributed by atoms with Crippen LogP contribution in [-0.2, 0) is 9.47 Å². The van der Waals surface area contributed by atoms with Crippen LogP contribution in [0, 0.1) is 5.92 Å². The molecular formula is C20H20O2. The Morgan fingerprint density at radius 1 is 0.773 bits per heavy atom. The summed E-state index contributed by atoms with van der Waals surface area (Å²) >= 11 is 0. The predicted molar refractivity (Wildman–Crippen MR) is 86.2 cm³/mol. The number of benzene rings is 2. The van der Waals surface area contributed by atoms with Gasteiger partial charge < -0.3 is 9.47 Å². The molecule has 2 aromatic rings. The van der Waals surface area contributed by atoms with Crippen molar-refractivity contribution in [3.8, 4) is 0 Å². The van der Waals surface area contributed by atoms with Gasteiger partial charge in [-0.25, -0.2) is 0 Å². The second-order valence-electron chi connectivity index (χ2n) is 5.98. The second-order valence-corrected chi connectivity index (χ2v) is 5.98. The highest BCUT2D eigenvalue weighted by molar-refractivity contribution is 5.23. The van der Waals surface area contributed by atoms with Gasteiger partial charge in [-0.3, -0.25) is 0 Å². The first-order chi connectivity index (χ1) is 10.9. The average Bonchev–Trinajstić information content (AvgIpc) is 2.62. The number of ether oxygens (including phenoxy) is 2. The Bertz CT molecular complexity index is 635. The SMILES string of the molecule is C1=CC2OC(c3ccccc3)OC(c3ccccc3)C2CC1. The summed E-state index contributed by atoms with van der Waals surface area (Å²) in [5.74, 6) is 0.396. The van der Waals surface area contributed by atoms with Crippen LogP contribution >= 0.6 is 0 Å². The van der Waals surface area contributed by atoms with Gasteiger partial charge in [0.25, 0.3) is 0 Å². The molecule has 0 spiro atoms. The Labute approximate surface area is 131 Å². The fraction of sp³-hybridized carbons (Fsp3) is 0.300. The van der Waals surface area contributed by atoms with Gasteiger partial charge in [0.15, 0.2) is 6.29 Å². The molecule has 0 aromatic heterocycles. The maximum Gasteiger partial charge on any atom is 0.185 e. The van der Waals surface area contributed by atoms with Crippen LogP contribution in [0.3, 0.4) is 0 Å². The summed E-state index contributed by atoms with van der Waals surface area (Å²) in [4.78, 5) is 0. The summed E-state index contributed by atoms with van der Waals surface area (Å²) in [7, 11) is 0. The van der Waals surface area contributed by atoms with E-state index < -0.39 is 0 Å². The van der Waals surface area contributed by atoms with E-state index in [1.54, 1.807) is 0 Å². The molecule has 2 aromatic carbocycles. The minimum atomic E-state index is -0.296. The minimum absolute atomic E-state index is 0.0927. The summed E-state index contributed by atoms with van der Waals surface area (Å²) in [5, 5.41) is 0. The quantitative estimate of drug-likeness (QED) is 0.740. The van der Waals surface area contributed by atoms with Gasteiger partial charge in [0, 0.05) is 11.5 Å². The molecule has 1 fully saturated rings. The lowest BCUT2D eigenvalue weighted by atomic mass is 9.82. The van der Waals surface area contributed by atoms with Gasteiger partial charge in [0.1, 0.15) is 0 Å². The van der Waals surface area contributed by atoms with Gasteiger partial charge >= 0.3 is 0 Å². The molecule has 0 N–H and O–H groups in total. The molecule has 112 valence electrons. The van der Waals surface area contributed by atoms with Crippen molar-refractivity contribution in [3.63, 3.8) is 0 Å². The maximum atomic E-state index is 6.37. The van der Waals surface area contributed by atoms with Crippen molar-refractivity contribution in [2.75, 3.05) is 0 Å². The van der Waals surface area contributed by atoms with Crippen LogP contribution in [0.15, 0.2) is 72.8 Å². The van der Waals surface area contributed by atoms with Gasteiger partial charge in [0.05, 0.1) is 12.2 Å². The zero-order valence-corrected chi connectivity index (χ0v) is 12.5. The van der Waals surface area contributed by atoms with Crippen LogP contribution < -0.4 is 0 Å². The Balaban J connectivity index is 1.68. The van der Waals surface area contributed by atoms with E-state index in [0.717, 1.165) is 18.4 Å². The van der Waals surface area contributed by atoms with Crippen molar-refractivity contribution >= 4 is 0 Å². The first-order valence-electron chi connectivity index (χ1n) is 7.99. The summed E-state index contributed by atoms with van der Waals surface area (Å²) in [6.45, 7) is 0. The van der Waals surface area contributed by atoms with Crippen LogP contribution in [0.2, 0.25) is 0 Å². The summed E-state index contributed by atoms with van der Waals surface area (Å²) in [6, 6.07) is 20.8. The molecule has 2 nitrogen and oxygen atoms in total. The first kappa shape index (κ1) is 13.7. The normalized spacial score (nSPS) is 30.7. The van der Waals surface area contributed by atoms with Crippen molar-refractivity contribution in [1.82, 2.24) is 0 Å². The van der Waals surface area contributed by atoms with E-state index in [1.165, 1.54) is 5.56 Å². The molecular weight excluding hydrogens is 272 g/mol. The van der Waals surface area contributed by atoms with E-state index in [0.29, 0.717) is 5.92 Å². The molecule has 2 heteroatoms. The average molecular weight is 292 g/mol. The third-order valence-electron chi connectivity index (χ3n) is 4.55. The van der Waals surface area contributed by atoms with E-state index in [4.69, 9.17) is 9.47 Å². The molecule has 2 aliphatic rings. The second kappa shape index (κ2) is 6.07. The molecule has 1 saturated heterocycles. The number of hydrogen-bond donors (Lipinski definition) is 0. The highest BCUT2D eigenvalue weighted by Crippen LogP contribution is 2.45. The Kier molecular flexibility index (Phi) is 3.79. The smallest absolute Gasteiger partial charge is 0.185 e. The zero-order valence-electron chi connectivity index (χ0n) is 12.5. The summed E-state index contributed by atoms with van der Waals surface area (Å²) < 4.78 is 12.6. The number of hydrogen-bond acceptors (Lipinski definition) is 2. The molecule has 4 unspecified atom stereocenters. The lowest BCUT2D eigenvalue weighted by molar-refractivity contribution is -0.267. The fourth-order valence-corrected chi connectivity index (χ4v) is 3.44. The highest BCUT2D eigenvalue weighted by Gasteiger charge is 2.40. The van der Waals surface area contributed by atoms with Crippen LogP contribution in [0.1, 0.15) is 36.4 Å². The molecule has 0 bridgehead atoms. The summed E-state index contributed by atoms with van der Waals surface area (Å²) in [6.07, 6.45) is 6.60. The molecule has 4 rings (SSSR count). The van der Waals surface area contributed by atoms with Gasteiger partial charge in [-0.05, 0) is 18.4 Å². The predicted octanol–water partition coefficient (Wildman–Crippen LogP) is 4.81. The van der Waals surface area contributed by atoms with Crippen LogP contribution in [-0.4, -0.2) is 6.10 Å².